The average molecular weight is 505 g/mol. The second-order valence-corrected chi connectivity index (χ2v) is 10.0. The van der Waals surface area contributed by atoms with Crippen LogP contribution in [0.1, 0.15) is 24.6 Å². The number of rotatable bonds is 7. The van der Waals surface area contributed by atoms with Crippen LogP contribution in [0.25, 0.3) is 11.3 Å². The maximum absolute atomic E-state index is 13.4. The lowest BCUT2D eigenvalue weighted by Crippen LogP contribution is -2.38. The van der Waals surface area contributed by atoms with Crippen molar-refractivity contribution in [2.75, 3.05) is 5.32 Å². The summed E-state index contributed by atoms with van der Waals surface area (Å²) in [6, 6.07) is 10.9. The van der Waals surface area contributed by atoms with Gasteiger partial charge in [-0.2, -0.15) is 0 Å². The Hall–Kier alpha value is -4.12. The zero-order chi connectivity index (χ0) is 25.0. The van der Waals surface area contributed by atoms with Crippen molar-refractivity contribution in [1.29, 1.82) is 0 Å². The molecule has 3 heterocycles. The molecule has 1 saturated carbocycles. The third kappa shape index (κ3) is 3.63. The predicted molar refractivity (Wildman–Crippen MR) is 128 cm³/mol. The van der Waals surface area contributed by atoms with Gasteiger partial charge >= 0.3 is 5.88 Å². The Morgan fingerprint density at radius 2 is 1.83 bits per heavy atom. The second-order valence-electron chi connectivity index (χ2n) is 9.15. The molecule has 182 valence electrons. The van der Waals surface area contributed by atoms with Crippen LogP contribution in [-0.4, -0.2) is 32.5 Å². The Morgan fingerprint density at radius 1 is 1.14 bits per heavy atom. The van der Waals surface area contributed by atoms with Crippen LogP contribution in [0, 0.1) is 33.8 Å². The Balaban J connectivity index is 1.26. The molecule has 5 unspecified atom stereocenters. The molecule has 11 heteroatoms. The Bertz CT molecular complexity index is 1380. The number of anilines is 1. The molecule has 3 aromatic rings. The van der Waals surface area contributed by atoms with E-state index >= 15 is 0 Å². The summed E-state index contributed by atoms with van der Waals surface area (Å²) in [7, 11) is 0. The van der Waals surface area contributed by atoms with Gasteiger partial charge in [-0.3, -0.25) is 29.4 Å². The number of aromatic nitrogens is 1. The molecule has 2 aliphatic carbocycles. The van der Waals surface area contributed by atoms with Crippen LogP contribution < -0.4 is 5.32 Å². The maximum atomic E-state index is 13.4. The number of furan rings is 1. The lowest BCUT2D eigenvalue weighted by Gasteiger charge is -2.25. The van der Waals surface area contributed by atoms with Crippen molar-refractivity contribution in [3.8, 4) is 11.3 Å². The number of thiazole rings is 1. The van der Waals surface area contributed by atoms with Crippen LogP contribution >= 0.6 is 11.3 Å². The first-order valence-corrected chi connectivity index (χ1v) is 12.4. The van der Waals surface area contributed by atoms with E-state index < -0.39 is 34.6 Å². The Morgan fingerprint density at radius 3 is 2.47 bits per heavy atom. The third-order valence-electron chi connectivity index (χ3n) is 7.14. The molecule has 2 bridgehead atoms. The van der Waals surface area contributed by atoms with Gasteiger partial charge in [0, 0.05) is 10.9 Å². The van der Waals surface area contributed by atoms with Gasteiger partial charge in [0.1, 0.15) is 16.7 Å². The van der Waals surface area contributed by atoms with Crippen LogP contribution in [0.2, 0.25) is 0 Å². The average Bonchev–Trinajstić information content (AvgIpc) is 3.68. The van der Waals surface area contributed by atoms with Gasteiger partial charge < -0.3 is 9.73 Å². The highest BCUT2D eigenvalue weighted by Crippen LogP contribution is 2.54. The van der Waals surface area contributed by atoms with E-state index in [2.05, 4.69) is 10.3 Å². The summed E-state index contributed by atoms with van der Waals surface area (Å²) in [6.07, 6.45) is 4.41. The first kappa shape index (κ1) is 22.4. The highest BCUT2D eigenvalue weighted by atomic mass is 32.1. The normalized spacial score (nSPS) is 24.8. The van der Waals surface area contributed by atoms with Gasteiger partial charge in [0.05, 0.1) is 30.0 Å². The van der Waals surface area contributed by atoms with Crippen LogP contribution in [-0.2, 0) is 14.4 Å². The van der Waals surface area contributed by atoms with Crippen LogP contribution in [0.4, 0.5) is 11.0 Å². The minimum atomic E-state index is -1.10. The number of hydrogen-bond acceptors (Lipinski definition) is 8. The van der Waals surface area contributed by atoms with E-state index in [1.807, 2.05) is 47.9 Å². The van der Waals surface area contributed by atoms with Gasteiger partial charge in [0.15, 0.2) is 5.13 Å². The number of fused-ring (bicyclic) bond motifs is 5. The summed E-state index contributed by atoms with van der Waals surface area (Å²) in [5.74, 6) is -2.66. The number of nitrogens with zero attached hydrogens (tertiary/aromatic N) is 3. The van der Waals surface area contributed by atoms with Crippen LogP contribution in [0.3, 0.4) is 0 Å². The van der Waals surface area contributed by atoms with E-state index in [1.54, 1.807) is 0 Å². The van der Waals surface area contributed by atoms with Gasteiger partial charge in [0.25, 0.3) is 0 Å². The van der Waals surface area contributed by atoms with Crippen molar-refractivity contribution < 1.29 is 23.7 Å². The SMILES string of the molecule is O=C(CC(c1ccc([N+](=O)[O-])o1)N1C(=O)C2C3C=CC(C3)C2C1=O)Nc1nc(-c2ccccc2)cs1. The summed E-state index contributed by atoms with van der Waals surface area (Å²) in [5.41, 5.74) is 1.60. The summed E-state index contributed by atoms with van der Waals surface area (Å²) in [5, 5.41) is 16.1. The molecule has 1 aliphatic heterocycles. The maximum Gasteiger partial charge on any atom is 0.433 e. The third-order valence-corrected chi connectivity index (χ3v) is 7.89. The molecule has 1 N–H and O–H groups in total. The lowest BCUT2D eigenvalue weighted by atomic mass is 9.85. The molecule has 0 radical (unpaired) electrons. The summed E-state index contributed by atoms with van der Waals surface area (Å²) >= 11 is 1.25. The fraction of sp³-hybridized carbons (Fsp3) is 0.280. The topological polar surface area (TPSA) is 136 Å². The fourth-order valence-electron chi connectivity index (χ4n) is 5.59. The standard InChI is InChI=1S/C25H20N4O6S/c30-19(27-25-26-16(12-36-25)13-4-2-1-3-5-13)11-17(18-8-9-20(35-18)29(33)34)28-23(31)21-14-6-7-15(10-14)22(21)24(28)32/h1-9,12,14-15,17,21-22H,10-11H2,(H,26,27,30). The highest BCUT2D eigenvalue weighted by Gasteiger charge is 2.61. The summed E-state index contributed by atoms with van der Waals surface area (Å²) in [6.45, 7) is 0. The molecule has 3 aliphatic rings. The smallest absolute Gasteiger partial charge is 0.404 e. The number of amides is 3. The molecule has 3 amide bonds. The molecule has 10 nitrogen and oxygen atoms in total. The quantitative estimate of drug-likeness (QED) is 0.221. The molecule has 36 heavy (non-hydrogen) atoms. The van der Waals surface area contributed by atoms with Crippen molar-refractivity contribution in [1.82, 2.24) is 9.88 Å². The number of benzene rings is 1. The van der Waals surface area contributed by atoms with E-state index in [9.17, 15) is 24.5 Å². The fourth-order valence-corrected chi connectivity index (χ4v) is 6.33. The van der Waals surface area contributed by atoms with Gasteiger partial charge in [0.2, 0.25) is 17.7 Å². The second kappa shape index (κ2) is 8.52. The first-order valence-electron chi connectivity index (χ1n) is 11.5. The Labute approximate surface area is 208 Å². The van der Waals surface area contributed by atoms with Crippen LogP contribution in [0.5, 0.6) is 0 Å². The molecule has 2 aromatic heterocycles. The number of carbonyl (C=O) groups is 3. The van der Waals surface area contributed by atoms with Crippen molar-refractivity contribution >= 4 is 40.1 Å². The van der Waals surface area contributed by atoms with Crippen molar-refractivity contribution in [3.05, 3.63) is 75.9 Å². The molecular weight excluding hydrogens is 484 g/mol. The minimum Gasteiger partial charge on any atom is -0.404 e. The van der Waals surface area contributed by atoms with Crippen LogP contribution in [0.15, 0.2) is 64.4 Å². The zero-order valence-corrected chi connectivity index (χ0v) is 19.6. The largest absolute Gasteiger partial charge is 0.433 e. The van der Waals surface area contributed by atoms with E-state index in [0.29, 0.717) is 10.8 Å². The highest BCUT2D eigenvalue weighted by molar-refractivity contribution is 7.14. The number of likely N-dealkylation sites (tertiary alicyclic amines) is 1. The minimum absolute atomic E-state index is 0.00594. The van der Waals surface area contributed by atoms with E-state index in [0.717, 1.165) is 23.0 Å². The molecule has 0 spiro atoms. The Kier molecular flexibility index (Phi) is 5.29. The van der Waals surface area contributed by atoms with Gasteiger partial charge in [-0.25, -0.2) is 4.98 Å². The van der Waals surface area contributed by atoms with Gasteiger partial charge in [-0.1, -0.05) is 42.5 Å². The summed E-state index contributed by atoms with van der Waals surface area (Å²) in [4.78, 5) is 55.9. The molecule has 1 aromatic carbocycles. The number of nitro groups is 1. The van der Waals surface area contributed by atoms with E-state index in [4.69, 9.17) is 4.42 Å². The van der Waals surface area contributed by atoms with E-state index in [1.165, 1.54) is 17.4 Å². The van der Waals surface area contributed by atoms with Crippen molar-refractivity contribution in [2.45, 2.75) is 18.9 Å². The predicted octanol–water partition coefficient (Wildman–Crippen LogP) is 4.19. The van der Waals surface area contributed by atoms with Crippen molar-refractivity contribution in [3.63, 3.8) is 0 Å². The number of allylic oxidation sites excluding steroid dienone is 2. The molecule has 1 saturated heterocycles. The van der Waals surface area contributed by atoms with E-state index in [-0.39, 0.29) is 35.8 Å². The molecule has 6 rings (SSSR count). The number of hydrogen-bond donors (Lipinski definition) is 1. The number of nitrogens with one attached hydrogen (secondary N) is 1. The zero-order valence-electron chi connectivity index (χ0n) is 18.8. The van der Waals surface area contributed by atoms with Gasteiger partial charge in [-0.05, 0) is 24.3 Å². The van der Waals surface area contributed by atoms with Gasteiger partial charge in [-0.15, -0.1) is 11.3 Å². The molecule has 2 fully saturated rings. The summed E-state index contributed by atoms with van der Waals surface area (Å²) < 4.78 is 5.37. The molecular formula is C25H20N4O6S. The molecule has 5 atom stereocenters. The van der Waals surface area contributed by atoms with Crippen molar-refractivity contribution in [2.24, 2.45) is 23.7 Å². The number of imide groups is 1. The number of carbonyl (C=O) groups excluding carboxylic acids is 3. The monoisotopic (exact) mass is 504 g/mol. The first-order chi connectivity index (χ1) is 17.4. The lowest BCUT2D eigenvalue weighted by molar-refractivity contribution is -0.402.